The molecule has 6 heteroatoms. The van der Waals surface area contributed by atoms with E-state index < -0.39 is 0 Å². The van der Waals surface area contributed by atoms with E-state index in [9.17, 15) is 5.26 Å². The molecule has 0 saturated heterocycles. The van der Waals surface area contributed by atoms with Gasteiger partial charge in [-0.3, -0.25) is 0 Å². The molecule has 0 saturated carbocycles. The molecule has 0 amide bonds. The molecule has 92 valence electrons. The van der Waals surface area contributed by atoms with Crippen molar-refractivity contribution >= 4 is 34.3 Å². The SMILES string of the molecule is N#C/C(=C/c1cccs1)c1nc(-c2cccs2)no1. The van der Waals surface area contributed by atoms with E-state index in [4.69, 9.17) is 4.52 Å². The van der Waals surface area contributed by atoms with E-state index in [1.807, 2.05) is 35.0 Å². The van der Waals surface area contributed by atoms with Gasteiger partial charge in [0, 0.05) is 4.88 Å². The molecule has 0 bridgehead atoms. The van der Waals surface area contributed by atoms with E-state index in [0.717, 1.165) is 9.75 Å². The molecule has 0 atom stereocenters. The Hall–Kier alpha value is -2.23. The van der Waals surface area contributed by atoms with E-state index in [2.05, 4.69) is 16.2 Å². The van der Waals surface area contributed by atoms with Crippen LogP contribution in [0.5, 0.6) is 0 Å². The van der Waals surface area contributed by atoms with Crippen LogP contribution in [0.25, 0.3) is 22.4 Å². The third-order valence-electron chi connectivity index (χ3n) is 2.35. The smallest absolute Gasteiger partial charge is 0.268 e. The summed E-state index contributed by atoms with van der Waals surface area (Å²) in [5, 5.41) is 17.0. The average molecular weight is 285 g/mol. The van der Waals surface area contributed by atoms with E-state index in [1.165, 1.54) is 11.3 Å². The molecular formula is C13H7N3OS2. The summed E-state index contributed by atoms with van der Waals surface area (Å²) < 4.78 is 5.15. The first kappa shape index (κ1) is 11.8. The number of hydrogen-bond donors (Lipinski definition) is 0. The number of rotatable bonds is 3. The molecule has 0 aliphatic rings. The Balaban J connectivity index is 1.96. The molecule has 19 heavy (non-hydrogen) atoms. The van der Waals surface area contributed by atoms with Crippen molar-refractivity contribution in [1.29, 1.82) is 5.26 Å². The lowest BCUT2D eigenvalue weighted by molar-refractivity contribution is 0.409. The average Bonchev–Trinajstić information content (AvgIpc) is 3.15. The van der Waals surface area contributed by atoms with Gasteiger partial charge in [-0.05, 0) is 29.0 Å². The predicted molar refractivity (Wildman–Crippen MR) is 75.4 cm³/mol. The molecule has 0 N–H and O–H groups in total. The van der Waals surface area contributed by atoms with Crippen LogP contribution in [0.1, 0.15) is 10.8 Å². The summed E-state index contributed by atoms with van der Waals surface area (Å²) >= 11 is 3.08. The molecule has 4 nitrogen and oxygen atoms in total. The molecule has 3 heterocycles. The Morgan fingerprint density at radius 3 is 2.79 bits per heavy atom. The number of thiophene rings is 2. The third-order valence-corrected chi connectivity index (χ3v) is 4.03. The second kappa shape index (κ2) is 5.18. The molecule has 0 aliphatic carbocycles. The van der Waals surface area contributed by atoms with Crippen LogP contribution < -0.4 is 0 Å². The molecule has 3 rings (SSSR count). The highest BCUT2D eigenvalue weighted by Gasteiger charge is 2.13. The van der Waals surface area contributed by atoms with E-state index in [1.54, 1.807) is 17.4 Å². The fourth-order valence-electron chi connectivity index (χ4n) is 1.50. The van der Waals surface area contributed by atoms with Gasteiger partial charge in [0.1, 0.15) is 11.6 Å². The summed E-state index contributed by atoms with van der Waals surface area (Å²) in [6, 6.07) is 9.78. The normalized spacial score (nSPS) is 11.4. The van der Waals surface area contributed by atoms with Crippen molar-refractivity contribution in [2.45, 2.75) is 0 Å². The van der Waals surface area contributed by atoms with Crippen molar-refractivity contribution in [2.24, 2.45) is 0 Å². The lowest BCUT2D eigenvalue weighted by atomic mass is 10.2. The van der Waals surface area contributed by atoms with E-state index in [-0.39, 0.29) is 5.89 Å². The van der Waals surface area contributed by atoms with Crippen LogP contribution in [-0.2, 0) is 0 Å². The molecule has 0 radical (unpaired) electrons. The molecule has 3 aromatic heterocycles. The molecule has 0 spiro atoms. The van der Waals surface area contributed by atoms with Crippen LogP contribution in [0.15, 0.2) is 39.5 Å². The zero-order valence-corrected chi connectivity index (χ0v) is 11.2. The topological polar surface area (TPSA) is 62.7 Å². The van der Waals surface area contributed by atoms with Crippen LogP contribution in [0.2, 0.25) is 0 Å². The van der Waals surface area contributed by atoms with Crippen molar-refractivity contribution in [2.75, 3.05) is 0 Å². The van der Waals surface area contributed by atoms with Gasteiger partial charge >= 0.3 is 0 Å². The van der Waals surface area contributed by atoms with E-state index in [0.29, 0.717) is 11.4 Å². The first-order valence-corrected chi connectivity index (χ1v) is 7.16. The molecule has 0 aromatic carbocycles. The van der Waals surface area contributed by atoms with Crippen molar-refractivity contribution in [3.8, 4) is 16.8 Å². The lowest BCUT2D eigenvalue weighted by Crippen LogP contribution is -1.81. The monoisotopic (exact) mass is 285 g/mol. The van der Waals surface area contributed by atoms with Crippen molar-refractivity contribution in [3.63, 3.8) is 0 Å². The number of allylic oxidation sites excluding steroid dienone is 1. The predicted octanol–water partition coefficient (Wildman–Crippen LogP) is 3.92. The second-order valence-electron chi connectivity index (χ2n) is 3.59. The van der Waals surface area contributed by atoms with Crippen LogP contribution in [-0.4, -0.2) is 10.1 Å². The maximum absolute atomic E-state index is 9.18. The zero-order chi connectivity index (χ0) is 13.1. The summed E-state index contributed by atoms with van der Waals surface area (Å²) in [5.74, 6) is 0.761. The number of aromatic nitrogens is 2. The minimum absolute atomic E-state index is 0.249. The molecule has 0 aliphatic heterocycles. The van der Waals surface area contributed by atoms with Gasteiger partial charge in [0.05, 0.1) is 4.88 Å². The largest absolute Gasteiger partial charge is 0.333 e. The Morgan fingerprint density at radius 1 is 1.26 bits per heavy atom. The quantitative estimate of drug-likeness (QED) is 0.684. The van der Waals surface area contributed by atoms with Gasteiger partial charge in [0.2, 0.25) is 5.82 Å². The molecule has 3 aromatic rings. The Kier molecular flexibility index (Phi) is 3.23. The van der Waals surface area contributed by atoms with Gasteiger partial charge in [-0.25, -0.2) is 0 Å². The zero-order valence-electron chi connectivity index (χ0n) is 9.61. The van der Waals surface area contributed by atoms with Gasteiger partial charge in [-0.1, -0.05) is 17.3 Å². The minimum atomic E-state index is 0.249. The summed E-state index contributed by atoms with van der Waals surface area (Å²) in [5.41, 5.74) is 0.373. The van der Waals surface area contributed by atoms with Crippen LogP contribution in [0, 0.1) is 11.3 Å². The second-order valence-corrected chi connectivity index (χ2v) is 5.51. The van der Waals surface area contributed by atoms with Crippen molar-refractivity contribution < 1.29 is 4.52 Å². The van der Waals surface area contributed by atoms with Crippen molar-refractivity contribution in [3.05, 3.63) is 45.8 Å². The molecule has 0 unspecified atom stereocenters. The number of hydrogen-bond acceptors (Lipinski definition) is 6. The molecular weight excluding hydrogens is 278 g/mol. The number of nitrogens with zero attached hydrogens (tertiary/aromatic N) is 3. The maximum atomic E-state index is 9.18. The lowest BCUT2D eigenvalue weighted by Gasteiger charge is -1.88. The first-order valence-electron chi connectivity index (χ1n) is 5.40. The summed E-state index contributed by atoms with van der Waals surface area (Å²) in [4.78, 5) is 6.15. The minimum Gasteiger partial charge on any atom is -0.333 e. The highest BCUT2D eigenvalue weighted by molar-refractivity contribution is 7.13. The maximum Gasteiger partial charge on any atom is 0.268 e. The van der Waals surface area contributed by atoms with Crippen molar-refractivity contribution in [1.82, 2.24) is 10.1 Å². The van der Waals surface area contributed by atoms with Gasteiger partial charge in [0.15, 0.2) is 0 Å². The standard InChI is InChI=1S/C13H7N3OS2/c14-8-9(7-10-3-1-5-18-10)13-15-12(16-17-13)11-4-2-6-19-11/h1-7H/b9-7-. The van der Waals surface area contributed by atoms with Gasteiger partial charge in [-0.15, -0.1) is 22.7 Å². The first-order chi connectivity index (χ1) is 9.36. The highest BCUT2D eigenvalue weighted by Crippen LogP contribution is 2.24. The van der Waals surface area contributed by atoms with Crippen LogP contribution in [0.4, 0.5) is 0 Å². The van der Waals surface area contributed by atoms with Crippen LogP contribution >= 0.6 is 22.7 Å². The number of nitriles is 1. The summed E-state index contributed by atoms with van der Waals surface area (Å²) in [7, 11) is 0. The molecule has 0 fully saturated rings. The van der Waals surface area contributed by atoms with Gasteiger partial charge in [0.25, 0.3) is 5.89 Å². The Morgan fingerprint density at radius 2 is 2.11 bits per heavy atom. The summed E-state index contributed by atoms with van der Waals surface area (Å²) in [6.07, 6.45) is 1.75. The Bertz CT molecular complexity index is 733. The van der Waals surface area contributed by atoms with Crippen LogP contribution in [0.3, 0.4) is 0 Å². The third kappa shape index (κ3) is 2.47. The fraction of sp³-hybridized carbons (Fsp3) is 0. The fourth-order valence-corrected chi connectivity index (χ4v) is 2.80. The van der Waals surface area contributed by atoms with Gasteiger partial charge in [-0.2, -0.15) is 10.2 Å². The highest BCUT2D eigenvalue weighted by atomic mass is 32.1. The summed E-state index contributed by atoms with van der Waals surface area (Å²) in [6.45, 7) is 0. The van der Waals surface area contributed by atoms with Gasteiger partial charge < -0.3 is 4.52 Å². The van der Waals surface area contributed by atoms with E-state index >= 15 is 0 Å². The Labute approximate surface area is 117 Å².